The summed E-state index contributed by atoms with van der Waals surface area (Å²) in [4.78, 5) is 7.85. The summed E-state index contributed by atoms with van der Waals surface area (Å²) < 4.78 is 7.76. The zero-order valence-corrected chi connectivity index (χ0v) is 14.9. The van der Waals surface area contributed by atoms with Gasteiger partial charge in [0.1, 0.15) is 5.75 Å². The van der Waals surface area contributed by atoms with Crippen LogP contribution in [0.15, 0.2) is 42.0 Å². The van der Waals surface area contributed by atoms with Crippen molar-refractivity contribution in [1.82, 2.24) is 14.3 Å². The van der Waals surface area contributed by atoms with Gasteiger partial charge in [0, 0.05) is 43.0 Å². The third kappa shape index (κ3) is 4.14. The summed E-state index contributed by atoms with van der Waals surface area (Å²) >= 11 is 1.63. The Hall–Kier alpha value is -1.89. The van der Waals surface area contributed by atoms with Crippen LogP contribution in [0, 0.1) is 0 Å². The van der Waals surface area contributed by atoms with Crippen molar-refractivity contribution < 1.29 is 9.84 Å². The highest BCUT2D eigenvalue weighted by Crippen LogP contribution is 2.21. The van der Waals surface area contributed by atoms with E-state index in [9.17, 15) is 5.11 Å². The Morgan fingerprint density at radius 2 is 2.17 bits per heavy atom. The van der Waals surface area contributed by atoms with Crippen molar-refractivity contribution in [3.63, 3.8) is 0 Å². The topological polar surface area (TPSA) is 50.0 Å². The molecule has 1 N–H and O–H groups in total. The monoisotopic (exact) mass is 345 g/mol. The summed E-state index contributed by atoms with van der Waals surface area (Å²) in [6.45, 7) is 6.44. The molecule has 24 heavy (non-hydrogen) atoms. The Morgan fingerprint density at radius 1 is 1.33 bits per heavy atom. The number of aromatic nitrogens is 2. The molecule has 0 amide bonds. The van der Waals surface area contributed by atoms with Crippen LogP contribution in [0.2, 0.25) is 0 Å². The van der Waals surface area contributed by atoms with Gasteiger partial charge in [-0.2, -0.15) is 0 Å². The van der Waals surface area contributed by atoms with Crippen LogP contribution in [0.5, 0.6) is 5.75 Å². The average molecular weight is 345 g/mol. The Bertz CT molecular complexity index is 753. The first-order valence-corrected chi connectivity index (χ1v) is 9.06. The summed E-state index contributed by atoms with van der Waals surface area (Å²) in [5, 5.41) is 11.9. The van der Waals surface area contributed by atoms with Gasteiger partial charge in [0.15, 0.2) is 4.96 Å². The van der Waals surface area contributed by atoms with Crippen LogP contribution in [0.1, 0.15) is 25.1 Å². The van der Waals surface area contributed by atoms with Crippen LogP contribution < -0.4 is 4.74 Å². The molecule has 5 nitrogen and oxygen atoms in total. The zero-order valence-electron chi connectivity index (χ0n) is 14.1. The minimum Gasteiger partial charge on any atom is -0.494 e. The molecule has 0 fully saturated rings. The average Bonchev–Trinajstić information content (AvgIpc) is 3.10. The standard InChI is InChI=1S/C18H23N3O2S/c1-3-23-17-7-5-4-6-15(17)11-20(10-14(2)22)12-16-13-21-8-9-24-18(21)19-16/h4-9,13-14,22H,3,10-12H2,1-2H3/t14-/m0/s1. The Labute approximate surface area is 146 Å². The van der Waals surface area contributed by atoms with E-state index >= 15 is 0 Å². The first-order valence-electron chi connectivity index (χ1n) is 8.18. The summed E-state index contributed by atoms with van der Waals surface area (Å²) in [5.41, 5.74) is 2.14. The van der Waals surface area contributed by atoms with Gasteiger partial charge in [-0.15, -0.1) is 11.3 Å². The highest BCUT2D eigenvalue weighted by molar-refractivity contribution is 7.15. The minimum atomic E-state index is -0.395. The molecule has 3 rings (SSSR count). The van der Waals surface area contributed by atoms with Crippen LogP contribution in [-0.4, -0.2) is 38.6 Å². The smallest absolute Gasteiger partial charge is 0.193 e. The number of hydrogen-bond acceptors (Lipinski definition) is 5. The second-order valence-corrected chi connectivity index (χ2v) is 6.76. The summed E-state index contributed by atoms with van der Waals surface area (Å²) in [6, 6.07) is 8.07. The first-order chi connectivity index (χ1) is 11.7. The normalized spacial score (nSPS) is 12.8. The molecule has 1 aromatic carbocycles. The fourth-order valence-corrected chi connectivity index (χ4v) is 3.53. The number of fused-ring (bicyclic) bond motifs is 1. The third-order valence-electron chi connectivity index (χ3n) is 3.72. The van der Waals surface area contributed by atoms with E-state index in [1.54, 1.807) is 11.3 Å². The van der Waals surface area contributed by atoms with Crippen LogP contribution >= 0.6 is 11.3 Å². The van der Waals surface area contributed by atoms with Gasteiger partial charge < -0.3 is 9.84 Å². The summed E-state index contributed by atoms with van der Waals surface area (Å²) in [5.74, 6) is 0.904. The molecule has 0 saturated carbocycles. The summed E-state index contributed by atoms with van der Waals surface area (Å²) in [7, 11) is 0. The highest BCUT2D eigenvalue weighted by Gasteiger charge is 2.14. The molecule has 128 valence electrons. The molecule has 2 heterocycles. The number of rotatable bonds is 8. The number of aliphatic hydroxyl groups is 1. The van der Waals surface area contributed by atoms with E-state index in [0.29, 0.717) is 26.2 Å². The number of benzene rings is 1. The molecule has 0 radical (unpaired) electrons. The number of aliphatic hydroxyl groups excluding tert-OH is 1. The van der Waals surface area contributed by atoms with E-state index in [-0.39, 0.29) is 0 Å². The van der Waals surface area contributed by atoms with Gasteiger partial charge in [0.05, 0.1) is 18.4 Å². The SMILES string of the molecule is CCOc1ccccc1CN(Cc1cn2ccsc2n1)C[C@H](C)O. The molecular formula is C18H23N3O2S. The third-order valence-corrected chi connectivity index (χ3v) is 4.49. The van der Waals surface area contributed by atoms with Crippen molar-refractivity contribution in [3.8, 4) is 5.75 Å². The lowest BCUT2D eigenvalue weighted by Gasteiger charge is -2.24. The van der Waals surface area contributed by atoms with Gasteiger partial charge in [-0.1, -0.05) is 18.2 Å². The van der Waals surface area contributed by atoms with Crippen molar-refractivity contribution >= 4 is 16.3 Å². The van der Waals surface area contributed by atoms with Crippen LogP contribution in [0.4, 0.5) is 0 Å². The molecule has 0 aliphatic heterocycles. The van der Waals surface area contributed by atoms with Crippen molar-refractivity contribution in [3.05, 3.63) is 53.3 Å². The molecule has 3 aromatic rings. The molecular weight excluding hydrogens is 322 g/mol. The van der Waals surface area contributed by atoms with E-state index in [0.717, 1.165) is 22.0 Å². The molecule has 0 saturated heterocycles. The van der Waals surface area contributed by atoms with Crippen LogP contribution in [-0.2, 0) is 13.1 Å². The molecule has 2 aromatic heterocycles. The maximum absolute atomic E-state index is 9.85. The van der Waals surface area contributed by atoms with Gasteiger partial charge in [-0.25, -0.2) is 4.98 Å². The summed E-state index contributed by atoms with van der Waals surface area (Å²) in [6.07, 6.45) is 3.67. The van der Waals surface area contributed by atoms with E-state index < -0.39 is 6.10 Å². The van der Waals surface area contributed by atoms with Gasteiger partial charge in [-0.3, -0.25) is 9.30 Å². The highest BCUT2D eigenvalue weighted by atomic mass is 32.1. The lowest BCUT2D eigenvalue weighted by Crippen LogP contribution is -2.30. The van der Waals surface area contributed by atoms with Gasteiger partial charge in [-0.05, 0) is 19.9 Å². The number of hydrogen-bond donors (Lipinski definition) is 1. The molecule has 0 aliphatic rings. The quantitative estimate of drug-likeness (QED) is 0.681. The Balaban J connectivity index is 1.77. The fraction of sp³-hybridized carbons (Fsp3) is 0.389. The number of nitrogens with zero attached hydrogens (tertiary/aromatic N) is 3. The maximum atomic E-state index is 9.85. The molecule has 0 unspecified atom stereocenters. The second kappa shape index (κ2) is 7.79. The molecule has 0 bridgehead atoms. The number of thiazole rings is 1. The first kappa shape index (κ1) is 17.0. The fourth-order valence-electron chi connectivity index (χ4n) is 2.81. The molecule has 6 heteroatoms. The van der Waals surface area contributed by atoms with Gasteiger partial charge >= 0.3 is 0 Å². The lowest BCUT2D eigenvalue weighted by molar-refractivity contribution is 0.116. The van der Waals surface area contributed by atoms with Gasteiger partial charge in [0.25, 0.3) is 0 Å². The van der Waals surface area contributed by atoms with Crippen molar-refractivity contribution in [1.29, 1.82) is 0 Å². The van der Waals surface area contributed by atoms with Crippen LogP contribution in [0.3, 0.4) is 0 Å². The van der Waals surface area contributed by atoms with E-state index in [1.807, 2.05) is 48.0 Å². The number of ether oxygens (including phenoxy) is 1. The van der Waals surface area contributed by atoms with Crippen LogP contribution in [0.25, 0.3) is 4.96 Å². The van der Waals surface area contributed by atoms with Crippen molar-refractivity contribution in [2.45, 2.75) is 33.0 Å². The number of para-hydroxylation sites is 1. The Morgan fingerprint density at radius 3 is 2.92 bits per heavy atom. The predicted molar refractivity (Wildman–Crippen MR) is 96.5 cm³/mol. The molecule has 0 spiro atoms. The maximum Gasteiger partial charge on any atom is 0.193 e. The lowest BCUT2D eigenvalue weighted by atomic mass is 10.1. The predicted octanol–water partition coefficient (Wildman–Crippen LogP) is 3.18. The number of imidazole rings is 1. The van der Waals surface area contributed by atoms with E-state index in [1.165, 1.54) is 0 Å². The van der Waals surface area contributed by atoms with E-state index in [4.69, 9.17) is 4.74 Å². The Kier molecular flexibility index (Phi) is 5.50. The second-order valence-electron chi connectivity index (χ2n) is 5.88. The van der Waals surface area contributed by atoms with E-state index in [2.05, 4.69) is 22.1 Å². The minimum absolute atomic E-state index is 0.395. The zero-order chi connectivity index (χ0) is 16.9. The van der Waals surface area contributed by atoms with Crippen molar-refractivity contribution in [2.75, 3.05) is 13.2 Å². The largest absolute Gasteiger partial charge is 0.494 e. The molecule has 1 atom stereocenters. The molecule has 0 aliphatic carbocycles. The van der Waals surface area contributed by atoms with Crippen molar-refractivity contribution in [2.24, 2.45) is 0 Å². The van der Waals surface area contributed by atoms with Gasteiger partial charge in [0.2, 0.25) is 0 Å².